The SMILES string of the molecule is CN(C)/C=C/C1=C([N+](=O)[O-])C(c2cccc([N+](=O)[O-])c2)NC(=O)N1. The Morgan fingerprint density at radius 3 is 2.50 bits per heavy atom. The summed E-state index contributed by atoms with van der Waals surface area (Å²) in [6.07, 6.45) is 2.95. The zero-order valence-corrected chi connectivity index (χ0v) is 12.9. The molecule has 24 heavy (non-hydrogen) atoms. The highest BCUT2D eigenvalue weighted by Gasteiger charge is 2.36. The largest absolute Gasteiger partial charge is 0.383 e. The second-order valence-electron chi connectivity index (χ2n) is 5.22. The van der Waals surface area contributed by atoms with E-state index < -0.39 is 21.9 Å². The Balaban J connectivity index is 2.55. The Hall–Kier alpha value is -3.43. The Morgan fingerprint density at radius 1 is 1.21 bits per heavy atom. The molecule has 1 atom stereocenters. The van der Waals surface area contributed by atoms with Crippen molar-refractivity contribution in [3.63, 3.8) is 0 Å². The van der Waals surface area contributed by atoms with Gasteiger partial charge < -0.3 is 15.5 Å². The van der Waals surface area contributed by atoms with Gasteiger partial charge in [0.25, 0.3) is 11.4 Å². The van der Waals surface area contributed by atoms with Gasteiger partial charge in [-0.3, -0.25) is 20.2 Å². The maximum atomic E-state index is 11.8. The van der Waals surface area contributed by atoms with Gasteiger partial charge in [0.1, 0.15) is 11.7 Å². The number of carbonyl (C=O) groups is 1. The van der Waals surface area contributed by atoms with Gasteiger partial charge in [0.2, 0.25) is 0 Å². The quantitative estimate of drug-likeness (QED) is 0.620. The van der Waals surface area contributed by atoms with Crippen molar-refractivity contribution in [3.8, 4) is 0 Å². The predicted molar refractivity (Wildman–Crippen MR) is 84.4 cm³/mol. The van der Waals surface area contributed by atoms with E-state index in [0.29, 0.717) is 0 Å². The number of urea groups is 1. The second-order valence-corrected chi connectivity index (χ2v) is 5.22. The Kier molecular flexibility index (Phi) is 4.78. The molecule has 2 amide bonds. The van der Waals surface area contributed by atoms with Crippen molar-refractivity contribution in [1.82, 2.24) is 15.5 Å². The first-order valence-corrected chi connectivity index (χ1v) is 6.84. The van der Waals surface area contributed by atoms with Gasteiger partial charge in [-0.15, -0.1) is 0 Å². The molecule has 0 saturated carbocycles. The van der Waals surface area contributed by atoms with Crippen molar-refractivity contribution in [2.75, 3.05) is 14.1 Å². The summed E-state index contributed by atoms with van der Waals surface area (Å²) < 4.78 is 0. The van der Waals surface area contributed by atoms with Crippen LogP contribution >= 0.6 is 0 Å². The minimum atomic E-state index is -1.10. The van der Waals surface area contributed by atoms with Crippen molar-refractivity contribution in [2.45, 2.75) is 6.04 Å². The van der Waals surface area contributed by atoms with E-state index in [-0.39, 0.29) is 22.6 Å². The van der Waals surface area contributed by atoms with Crippen LogP contribution in [0.1, 0.15) is 11.6 Å². The average molecular weight is 333 g/mol. The highest BCUT2D eigenvalue weighted by atomic mass is 16.6. The van der Waals surface area contributed by atoms with Crippen LogP contribution in [0.3, 0.4) is 0 Å². The molecule has 0 fully saturated rings. The van der Waals surface area contributed by atoms with E-state index in [2.05, 4.69) is 10.6 Å². The van der Waals surface area contributed by atoms with Gasteiger partial charge in [0.15, 0.2) is 0 Å². The molecule has 0 aromatic heterocycles. The molecule has 1 aromatic rings. The van der Waals surface area contributed by atoms with E-state index in [1.54, 1.807) is 25.2 Å². The minimum Gasteiger partial charge on any atom is -0.383 e. The molecule has 1 unspecified atom stereocenters. The smallest absolute Gasteiger partial charge is 0.320 e. The molecule has 1 heterocycles. The molecular weight excluding hydrogens is 318 g/mol. The number of nitro groups is 2. The van der Waals surface area contributed by atoms with Crippen molar-refractivity contribution in [2.24, 2.45) is 0 Å². The maximum Gasteiger partial charge on any atom is 0.320 e. The van der Waals surface area contributed by atoms with Crippen LogP contribution in [-0.2, 0) is 0 Å². The van der Waals surface area contributed by atoms with Crippen LogP contribution in [0.2, 0.25) is 0 Å². The molecule has 126 valence electrons. The topological polar surface area (TPSA) is 131 Å². The summed E-state index contributed by atoms with van der Waals surface area (Å²) in [6.45, 7) is 0. The van der Waals surface area contributed by atoms with Gasteiger partial charge in [0.05, 0.1) is 9.85 Å². The first kappa shape index (κ1) is 16.9. The van der Waals surface area contributed by atoms with Crippen LogP contribution in [0, 0.1) is 20.2 Å². The van der Waals surface area contributed by atoms with Crippen molar-refractivity contribution in [1.29, 1.82) is 0 Å². The fourth-order valence-corrected chi connectivity index (χ4v) is 2.19. The fraction of sp³-hybridized carbons (Fsp3) is 0.214. The number of hydrogen-bond acceptors (Lipinski definition) is 6. The van der Waals surface area contributed by atoms with Crippen LogP contribution in [0.25, 0.3) is 0 Å². The first-order chi connectivity index (χ1) is 11.3. The van der Waals surface area contributed by atoms with E-state index >= 15 is 0 Å². The van der Waals surface area contributed by atoms with E-state index in [4.69, 9.17) is 0 Å². The van der Waals surface area contributed by atoms with Crippen LogP contribution in [0.15, 0.2) is 47.9 Å². The Morgan fingerprint density at radius 2 is 1.92 bits per heavy atom. The van der Waals surface area contributed by atoms with Crippen LogP contribution in [0.4, 0.5) is 10.5 Å². The Bertz CT molecular complexity index is 756. The summed E-state index contributed by atoms with van der Waals surface area (Å²) in [6, 6.07) is 3.64. The number of nitro benzene ring substituents is 1. The number of carbonyl (C=O) groups excluding carboxylic acids is 1. The van der Waals surface area contributed by atoms with Gasteiger partial charge in [0, 0.05) is 32.4 Å². The average Bonchev–Trinajstić information content (AvgIpc) is 2.52. The zero-order valence-electron chi connectivity index (χ0n) is 12.9. The molecule has 10 heteroatoms. The lowest BCUT2D eigenvalue weighted by Gasteiger charge is -2.23. The summed E-state index contributed by atoms with van der Waals surface area (Å²) in [7, 11) is 3.45. The molecule has 0 radical (unpaired) electrons. The third-order valence-electron chi connectivity index (χ3n) is 3.22. The number of amides is 2. The van der Waals surface area contributed by atoms with Crippen molar-refractivity contribution in [3.05, 3.63) is 73.7 Å². The van der Waals surface area contributed by atoms with E-state index in [1.807, 2.05) is 0 Å². The van der Waals surface area contributed by atoms with Crippen LogP contribution < -0.4 is 10.6 Å². The number of non-ortho nitro benzene ring substituents is 1. The molecule has 1 aliphatic rings. The standard InChI is InChI=1S/C14H15N5O5/c1-17(2)7-6-11-13(19(23)24)12(16-14(20)15-11)9-4-3-5-10(8-9)18(21)22/h3-8,12H,1-2H3,(H2,15,16,20)/b7-6+. The summed E-state index contributed by atoms with van der Waals surface area (Å²) in [4.78, 5) is 34.7. The lowest BCUT2D eigenvalue weighted by molar-refractivity contribution is -0.432. The van der Waals surface area contributed by atoms with Crippen molar-refractivity contribution >= 4 is 11.7 Å². The van der Waals surface area contributed by atoms with Gasteiger partial charge >= 0.3 is 6.03 Å². The number of hydrogen-bond donors (Lipinski definition) is 2. The second kappa shape index (κ2) is 6.77. The van der Waals surface area contributed by atoms with Crippen LogP contribution in [0.5, 0.6) is 0 Å². The summed E-state index contributed by atoms with van der Waals surface area (Å²) in [5, 5.41) is 27.2. The van der Waals surface area contributed by atoms with Crippen molar-refractivity contribution < 1.29 is 14.6 Å². The maximum absolute atomic E-state index is 11.8. The third-order valence-corrected chi connectivity index (χ3v) is 3.22. The summed E-state index contributed by atoms with van der Waals surface area (Å²) in [5.74, 6) is 0. The molecule has 10 nitrogen and oxygen atoms in total. The fourth-order valence-electron chi connectivity index (χ4n) is 2.19. The summed E-state index contributed by atoms with van der Waals surface area (Å²) in [5.41, 5.74) is -0.239. The molecule has 0 saturated heterocycles. The van der Waals surface area contributed by atoms with E-state index in [0.717, 1.165) is 0 Å². The van der Waals surface area contributed by atoms with Gasteiger partial charge in [-0.2, -0.15) is 0 Å². The summed E-state index contributed by atoms with van der Waals surface area (Å²) >= 11 is 0. The van der Waals surface area contributed by atoms with Crippen LogP contribution in [-0.4, -0.2) is 34.9 Å². The van der Waals surface area contributed by atoms with Gasteiger partial charge in [-0.05, 0) is 11.6 Å². The number of rotatable bonds is 5. The molecule has 1 aromatic carbocycles. The Labute approximate surface area is 136 Å². The molecule has 0 bridgehead atoms. The molecular formula is C14H15N5O5. The molecule has 0 spiro atoms. The number of allylic oxidation sites excluding steroid dienone is 1. The highest BCUT2D eigenvalue weighted by Crippen LogP contribution is 2.29. The number of nitrogens with one attached hydrogen (secondary N) is 2. The van der Waals surface area contributed by atoms with Gasteiger partial charge in [-0.1, -0.05) is 12.1 Å². The molecule has 1 aliphatic heterocycles. The third kappa shape index (κ3) is 3.66. The number of nitrogens with zero attached hydrogens (tertiary/aromatic N) is 3. The molecule has 2 N–H and O–H groups in total. The predicted octanol–water partition coefficient (Wildman–Crippen LogP) is 1.51. The molecule has 0 aliphatic carbocycles. The first-order valence-electron chi connectivity index (χ1n) is 6.84. The zero-order chi connectivity index (χ0) is 17.9. The highest BCUT2D eigenvalue weighted by molar-refractivity contribution is 5.79. The monoisotopic (exact) mass is 333 g/mol. The lowest BCUT2D eigenvalue weighted by atomic mass is 10.00. The minimum absolute atomic E-state index is 0.0222. The van der Waals surface area contributed by atoms with E-state index in [9.17, 15) is 25.0 Å². The normalized spacial score (nSPS) is 17.4. The molecule has 2 rings (SSSR count). The lowest BCUT2D eigenvalue weighted by Crippen LogP contribution is -2.45. The number of benzene rings is 1. The van der Waals surface area contributed by atoms with Gasteiger partial charge in [-0.25, -0.2) is 4.79 Å². The van der Waals surface area contributed by atoms with E-state index in [1.165, 1.54) is 30.3 Å².